The Balaban J connectivity index is 1.79. The second-order valence-electron chi connectivity index (χ2n) is 7.51. The van der Waals surface area contributed by atoms with E-state index in [9.17, 15) is 14.7 Å². The molecule has 1 unspecified atom stereocenters. The van der Waals surface area contributed by atoms with Gasteiger partial charge in [-0.3, -0.25) is 4.79 Å². The number of aromatic nitrogens is 1. The first kappa shape index (κ1) is 22.9. The summed E-state index contributed by atoms with van der Waals surface area (Å²) in [7, 11) is 0. The zero-order valence-corrected chi connectivity index (χ0v) is 18.8. The molecule has 0 fully saturated rings. The van der Waals surface area contributed by atoms with Crippen LogP contribution in [0.1, 0.15) is 22.8 Å². The van der Waals surface area contributed by atoms with Gasteiger partial charge in [0.25, 0.3) is 0 Å². The monoisotopic (exact) mass is 483 g/mol. The number of ether oxygens (including phenoxy) is 1. The molecule has 3 aromatic carbocycles. The van der Waals surface area contributed by atoms with Crippen LogP contribution in [0.25, 0.3) is 10.9 Å². The Morgan fingerprint density at radius 1 is 1.03 bits per heavy atom. The fraction of sp³-hybridized carbons (Fsp3) is 0.120. The van der Waals surface area contributed by atoms with Crippen molar-refractivity contribution < 1.29 is 19.7 Å². The molecule has 0 amide bonds. The molecule has 0 saturated heterocycles. The highest BCUT2D eigenvalue weighted by Crippen LogP contribution is 2.28. The first-order valence-electron chi connectivity index (χ1n) is 10.1. The van der Waals surface area contributed by atoms with E-state index in [-0.39, 0.29) is 17.7 Å². The molecule has 4 rings (SSSR count). The van der Waals surface area contributed by atoms with Crippen molar-refractivity contribution in [3.63, 3.8) is 0 Å². The van der Waals surface area contributed by atoms with Crippen LogP contribution in [0.4, 0.5) is 4.79 Å². The van der Waals surface area contributed by atoms with Crippen LogP contribution >= 0.6 is 23.2 Å². The van der Waals surface area contributed by atoms with Gasteiger partial charge in [-0.05, 0) is 41.3 Å². The second kappa shape index (κ2) is 9.67. The summed E-state index contributed by atoms with van der Waals surface area (Å²) in [5, 5.41) is 20.9. The van der Waals surface area contributed by atoms with E-state index < -0.39 is 17.7 Å². The molecule has 1 aromatic heterocycles. The van der Waals surface area contributed by atoms with Gasteiger partial charge in [0, 0.05) is 5.39 Å². The fourth-order valence-electron chi connectivity index (χ4n) is 3.72. The summed E-state index contributed by atoms with van der Waals surface area (Å²) >= 11 is 12.4. The summed E-state index contributed by atoms with van der Waals surface area (Å²) in [5.41, 5.74) is 2.25. The summed E-state index contributed by atoms with van der Waals surface area (Å²) in [4.78, 5) is 24.1. The number of hydrogen-bond acceptors (Lipinski definition) is 4. The minimum absolute atomic E-state index is 0.0935. The zero-order valence-electron chi connectivity index (χ0n) is 17.2. The van der Waals surface area contributed by atoms with Crippen LogP contribution in [-0.2, 0) is 13.0 Å². The lowest BCUT2D eigenvalue weighted by molar-refractivity contribution is 0.143. The molecule has 1 atom stereocenters. The highest BCUT2D eigenvalue weighted by atomic mass is 35.5. The van der Waals surface area contributed by atoms with Crippen LogP contribution in [0.15, 0.2) is 77.7 Å². The fourth-order valence-corrected chi connectivity index (χ4v) is 4.10. The maximum absolute atomic E-state index is 13.0. The molecular weight excluding hydrogens is 465 g/mol. The maximum atomic E-state index is 13.0. The number of benzene rings is 3. The normalized spacial score (nSPS) is 12.0. The van der Waals surface area contributed by atoms with Gasteiger partial charge in [0.05, 0.1) is 34.4 Å². The van der Waals surface area contributed by atoms with Gasteiger partial charge in [-0.25, -0.2) is 4.79 Å². The van der Waals surface area contributed by atoms with Crippen molar-refractivity contribution in [3.05, 3.63) is 110 Å². The van der Waals surface area contributed by atoms with Crippen molar-refractivity contribution in [3.8, 4) is 5.75 Å². The van der Waals surface area contributed by atoms with E-state index in [4.69, 9.17) is 33.0 Å². The predicted octanol–water partition coefficient (Wildman–Crippen LogP) is 5.69. The Bertz CT molecular complexity index is 1390. The number of rotatable bonds is 6. The van der Waals surface area contributed by atoms with Crippen molar-refractivity contribution in [1.29, 1.82) is 0 Å². The van der Waals surface area contributed by atoms with Crippen LogP contribution in [0, 0.1) is 0 Å². The zero-order chi connectivity index (χ0) is 23.5. The molecule has 0 radical (unpaired) electrons. The molecule has 0 aliphatic heterocycles. The molecule has 1 heterocycles. The number of carbonyl (C=O) groups is 1. The third-order valence-electron chi connectivity index (χ3n) is 5.29. The number of aliphatic hydroxyl groups excluding tert-OH is 1. The lowest BCUT2D eigenvalue weighted by Crippen LogP contribution is -2.18. The van der Waals surface area contributed by atoms with E-state index in [1.807, 2.05) is 30.3 Å². The third kappa shape index (κ3) is 5.03. The van der Waals surface area contributed by atoms with E-state index in [1.165, 1.54) is 6.20 Å². The van der Waals surface area contributed by atoms with Crippen molar-refractivity contribution in [2.45, 2.75) is 19.1 Å². The van der Waals surface area contributed by atoms with E-state index in [0.717, 1.165) is 11.1 Å². The topological polar surface area (TPSA) is 88.8 Å². The van der Waals surface area contributed by atoms with Crippen molar-refractivity contribution in [2.24, 2.45) is 0 Å². The van der Waals surface area contributed by atoms with E-state index >= 15 is 0 Å². The minimum atomic E-state index is -1.59. The number of halogens is 2. The molecule has 8 heteroatoms. The number of hydrogen-bond donors (Lipinski definition) is 2. The number of fused-ring (bicyclic) bond motifs is 1. The third-order valence-corrected chi connectivity index (χ3v) is 6.15. The highest BCUT2D eigenvalue weighted by molar-refractivity contribution is 6.42. The highest BCUT2D eigenvalue weighted by Gasteiger charge is 2.17. The maximum Gasteiger partial charge on any atom is 0.511 e. The average molecular weight is 484 g/mol. The standard InChI is InChI=1S/C25H19Cl2NO5/c26-19-8-4-7-17(23(19)27)11-15-9-10-20-18(12-15)24(30)22(33-25(31)32)14-28(20)13-21(29)16-5-2-1-3-6-16/h1-10,12,14,21,29H,11,13H2,(H,31,32). The Labute approximate surface area is 199 Å². The van der Waals surface area contributed by atoms with Gasteiger partial charge < -0.3 is 19.5 Å². The Morgan fingerprint density at radius 3 is 2.52 bits per heavy atom. The lowest BCUT2D eigenvalue weighted by atomic mass is 10.0. The van der Waals surface area contributed by atoms with Crippen molar-refractivity contribution in [2.75, 3.05) is 0 Å². The van der Waals surface area contributed by atoms with Gasteiger partial charge in [-0.15, -0.1) is 0 Å². The van der Waals surface area contributed by atoms with E-state index in [0.29, 0.717) is 27.5 Å². The smallest absolute Gasteiger partial charge is 0.449 e. The van der Waals surface area contributed by atoms with Crippen molar-refractivity contribution >= 4 is 40.3 Å². The molecule has 0 aliphatic rings. The number of carboxylic acid groups (broad SMARTS) is 1. The van der Waals surface area contributed by atoms with Gasteiger partial charge in [0.2, 0.25) is 5.43 Å². The van der Waals surface area contributed by atoms with Crippen LogP contribution in [0.3, 0.4) is 0 Å². The molecule has 6 nitrogen and oxygen atoms in total. The average Bonchev–Trinajstić information content (AvgIpc) is 2.80. The molecule has 0 aliphatic carbocycles. The van der Waals surface area contributed by atoms with Crippen molar-refractivity contribution in [1.82, 2.24) is 4.57 Å². The summed E-state index contributed by atoms with van der Waals surface area (Å²) in [6.45, 7) is 0.0935. The number of aliphatic hydroxyl groups is 1. The molecule has 0 bridgehead atoms. The molecule has 2 N–H and O–H groups in total. The number of nitrogens with zero attached hydrogens (tertiary/aromatic N) is 1. The van der Waals surface area contributed by atoms with E-state index in [2.05, 4.69) is 0 Å². The molecule has 33 heavy (non-hydrogen) atoms. The molecule has 0 spiro atoms. The summed E-state index contributed by atoms with van der Waals surface area (Å²) in [5.74, 6) is -0.340. The van der Waals surface area contributed by atoms with E-state index in [1.54, 1.807) is 41.0 Å². The Kier molecular flexibility index (Phi) is 6.70. The number of pyridine rings is 1. The van der Waals surface area contributed by atoms with Gasteiger partial charge in [-0.2, -0.15) is 0 Å². The molecule has 168 valence electrons. The van der Waals surface area contributed by atoms with Gasteiger partial charge in [-0.1, -0.05) is 71.7 Å². The van der Waals surface area contributed by atoms with Crippen LogP contribution in [0.2, 0.25) is 10.0 Å². The quantitative estimate of drug-likeness (QED) is 0.344. The largest absolute Gasteiger partial charge is 0.511 e. The van der Waals surface area contributed by atoms with Gasteiger partial charge >= 0.3 is 6.16 Å². The van der Waals surface area contributed by atoms with Gasteiger partial charge in [0.1, 0.15) is 0 Å². The SMILES string of the molecule is O=C(O)Oc1cn(CC(O)c2ccccc2)c2ccc(Cc3cccc(Cl)c3Cl)cc2c1=O. The summed E-state index contributed by atoms with van der Waals surface area (Å²) in [6, 6.07) is 19.7. The first-order chi connectivity index (χ1) is 15.8. The minimum Gasteiger partial charge on any atom is -0.449 e. The van der Waals surface area contributed by atoms with Crippen LogP contribution in [-0.4, -0.2) is 20.9 Å². The summed E-state index contributed by atoms with van der Waals surface area (Å²) < 4.78 is 6.35. The molecule has 4 aromatic rings. The van der Waals surface area contributed by atoms with Crippen LogP contribution < -0.4 is 10.2 Å². The van der Waals surface area contributed by atoms with Crippen LogP contribution in [0.5, 0.6) is 5.75 Å². The second-order valence-corrected chi connectivity index (χ2v) is 8.30. The van der Waals surface area contributed by atoms with Gasteiger partial charge in [0.15, 0.2) is 5.75 Å². The molecular formula is C25H19Cl2NO5. The predicted molar refractivity (Wildman–Crippen MR) is 128 cm³/mol. The molecule has 0 saturated carbocycles. The lowest BCUT2D eigenvalue weighted by Gasteiger charge is -2.17. The Morgan fingerprint density at radius 2 is 1.79 bits per heavy atom. The Hall–Kier alpha value is -3.32. The summed E-state index contributed by atoms with van der Waals surface area (Å²) in [6.07, 6.45) is -0.743. The first-order valence-corrected chi connectivity index (χ1v) is 10.8.